The fourth-order valence-corrected chi connectivity index (χ4v) is 3.27. The molecular formula is C16H26N2. The van der Waals surface area contributed by atoms with Crippen molar-refractivity contribution in [2.75, 3.05) is 0 Å². The van der Waals surface area contributed by atoms with E-state index in [0.717, 1.165) is 18.3 Å². The van der Waals surface area contributed by atoms with Gasteiger partial charge in [-0.1, -0.05) is 38.7 Å². The van der Waals surface area contributed by atoms with Gasteiger partial charge in [0.25, 0.3) is 0 Å². The average Bonchev–Trinajstić information content (AvgIpc) is 2.41. The van der Waals surface area contributed by atoms with Crippen LogP contribution in [0.2, 0.25) is 0 Å². The fraction of sp³-hybridized carbons (Fsp3) is 0.688. The van der Waals surface area contributed by atoms with Crippen molar-refractivity contribution >= 4 is 0 Å². The van der Waals surface area contributed by atoms with E-state index in [9.17, 15) is 0 Å². The normalized spacial score (nSPS) is 25.9. The molecule has 1 aromatic rings. The first-order chi connectivity index (χ1) is 8.79. The van der Waals surface area contributed by atoms with E-state index in [1.54, 1.807) is 0 Å². The van der Waals surface area contributed by atoms with Gasteiger partial charge in [-0.05, 0) is 42.7 Å². The van der Waals surface area contributed by atoms with Crippen molar-refractivity contribution in [1.29, 1.82) is 0 Å². The van der Waals surface area contributed by atoms with Gasteiger partial charge in [-0.2, -0.15) is 0 Å². The molecule has 0 aromatic carbocycles. The third kappa shape index (κ3) is 3.81. The molecule has 100 valence electrons. The van der Waals surface area contributed by atoms with Gasteiger partial charge in [-0.15, -0.1) is 0 Å². The molecule has 1 aromatic heterocycles. The van der Waals surface area contributed by atoms with E-state index >= 15 is 0 Å². The summed E-state index contributed by atoms with van der Waals surface area (Å²) in [5.74, 6) is 1.69. The first-order valence-corrected chi connectivity index (χ1v) is 7.44. The van der Waals surface area contributed by atoms with Gasteiger partial charge in [0.1, 0.15) is 0 Å². The van der Waals surface area contributed by atoms with E-state index in [-0.39, 0.29) is 0 Å². The summed E-state index contributed by atoms with van der Waals surface area (Å²) >= 11 is 0. The van der Waals surface area contributed by atoms with E-state index in [4.69, 9.17) is 5.73 Å². The molecule has 2 nitrogen and oxygen atoms in total. The van der Waals surface area contributed by atoms with Gasteiger partial charge in [-0.3, -0.25) is 4.98 Å². The molecule has 1 heterocycles. The van der Waals surface area contributed by atoms with Crippen LogP contribution >= 0.6 is 0 Å². The van der Waals surface area contributed by atoms with Gasteiger partial charge >= 0.3 is 0 Å². The molecule has 0 bridgehead atoms. The minimum absolute atomic E-state index is 0.316. The van der Waals surface area contributed by atoms with Crippen LogP contribution in [0.25, 0.3) is 0 Å². The van der Waals surface area contributed by atoms with Crippen LogP contribution < -0.4 is 5.73 Å². The lowest BCUT2D eigenvalue weighted by Crippen LogP contribution is -2.35. The van der Waals surface area contributed by atoms with Crippen molar-refractivity contribution in [2.45, 2.75) is 57.9 Å². The first kappa shape index (κ1) is 13.5. The van der Waals surface area contributed by atoms with Crippen molar-refractivity contribution < 1.29 is 0 Å². The Bertz CT molecular complexity index is 328. The Morgan fingerprint density at radius 2 is 2.11 bits per heavy atom. The summed E-state index contributed by atoms with van der Waals surface area (Å²) in [5, 5.41) is 0. The lowest BCUT2D eigenvalue weighted by molar-refractivity contribution is 0.232. The van der Waals surface area contributed by atoms with Crippen LogP contribution in [-0.4, -0.2) is 11.0 Å². The standard InChI is InChI=1S/C16H26N2/c1-2-4-13-6-8-15(9-7-13)16(17)11-14-5-3-10-18-12-14/h3,5,10,12-13,15-16H,2,4,6-9,11,17H2,1H3. The van der Waals surface area contributed by atoms with Crippen molar-refractivity contribution in [2.24, 2.45) is 17.6 Å². The number of aromatic nitrogens is 1. The van der Waals surface area contributed by atoms with Crippen LogP contribution in [0.15, 0.2) is 24.5 Å². The number of rotatable bonds is 5. The van der Waals surface area contributed by atoms with Gasteiger partial charge in [0.2, 0.25) is 0 Å². The molecule has 1 atom stereocenters. The Morgan fingerprint density at radius 3 is 2.72 bits per heavy atom. The molecule has 1 saturated carbocycles. The average molecular weight is 246 g/mol. The van der Waals surface area contributed by atoms with Gasteiger partial charge in [0.15, 0.2) is 0 Å². The van der Waals surface area contributed by atoms with E-state index in [0.29, 0.717) is 6.04 Å². The SMILES string of the molecule is CCCC1CCC(C(N)Cc2cccnc2)CC1. The van der Waals surface area contributed by atoms with Crippen molar-refractivity contribution in [3.8, 4) is 0 Å². The quantitative estimate of drug-likeness (QED) is 0.862. The molecule has 0 spiro atoms. The smallest absolute Gasteiger partial charge is 0.0300 e. The van der Waals surface area contributed by atoms with Crippen LogP contribution in [-0.2, 0) is 6.42 Å². The lowest BCUT2D eigenvalue weighted by atomic mass is 9.76. The van der Waals surface area contributed by atoms with Crippen molar-refractivity contribution in [3.05, 3.63) is 30.1 Å². The lowest BCUT2D eigenvalue weighted by Gasteiger charge is -2.32. The molecule has 1 fully saturated rings. The molecule has 0 aliphatic heterocycles. The maximum absolute atomic E-state index is 6.37. The first-order valence-electron chi connectivity index (χ1n) is 7.44. The highest BCUT2D eigenvalue weighted by Crippen LogP contribution is 2.33. The van der Waals surface area contributed by atoms with Crippen LogP contribution in [0.4, 0.5) is 0 Å². The predicted octanol–water partition coefficient (Wildman–Crippen LogP) is 3.56. The summed E-state index contributed by atoms with van der Waals surface area (Å²) in [7, 11) is 0. The summed E-state index contributed by atoms with van der Waals surface area (Å²) in [5.41, 5.74) is 7.65. The number of hydrogen-bond acceptors (Lipinski definition) is 2. The zero-order valence-electron chi connectivity index (χ0n) is 11.5. The van der Waals surface area contributed by atoms with Gasteiger partial charge < -0.3 is 5.73 Å². The Morgan fingerprint density at radius 1 is 1.33 bits per heavy atom. The fourth-order valence-electron chi connectivity index (χ4n) is 3.27. The zero-order valence-corrected chi connectivity index (χ0v) is 11.5. The monoisotopic (exact) mass is 246 g/mol. The van der Waals surface area contributed by atoms with E-state index in [1.165, 1.54) is 44.1 Å². The Balaban J connectivity index is 1.79. The highest BCUT2D eigenvalue weighted by molar-refractivity contribution is 5.10. The second-order valence-corrected chi connectivity index (χ2v) is 5.80. The van der Waals surface area contributed by atoms with Gasteiger partial charge in [0, 0.05) is 18.4 Å². The minimum Gasteiger partial charge on any atom is -0.327 e. The molecule has 1 aliphatic carbocycles. The topological polar surface area (TPSA) is 38.9 Å². The molecular weight excluding hydrogens is 220 g/mol. The summed E-state index contributed by atoms with van der Waals surface area (Å²) in [6.45, 7) is 2.29. The summed E-state index contributed by atoms with van der Waals surface area (Å²) in [6, 6.07) is 4.45. The molecule has 2 N–H and O–H groups in total. The molecule has 1 aliphatic rings. The molecule has 1 unspecified atom stereocenters. The van der Waals surface area contributed by atoms with Crippen molar-refractivity contribution in [1.82, 2.24) is 4.98 Å². The summed E-state index contributed by atoms with van der Waals surface area (Å²) in [6.07, 6.45) is 12.9. The third-order valence-electron chi connectivity index (χ3n) is 4.39. The number of nitrogens with zero attached hydrogens (tertiary/aromatic N) is 1. The Hall–Kier alpha value is -0.890. The molecule has 2 rings (SSSR count). The van der Waals surface area contributed by atoms with Gasteiger partial charge in [-0.25, -0.2) is 0 Å². The largest absolute Gasteiger partial charge is 0.327 e. The number of pyridine rings is 1. The van der Waals surface area contributed by atoms with E-state index in [1.807, 2.05) is 18.5 Å². The number of nitrogens with two attached hydrogens (primary N) is 1. The highest BCUT2D eigenvalue weighted by Gasteiger charge is 2.25. The Kier molecular flexibility index (Phi) is 5.18. The summed E-state index contributed by atoms with van der Waals surface area (Å²) in [4.78, 5) is 4.16. The predicted molar refractivity (Wildman–Crippen MR) is 76.3 cm³/mol. The molecule has 2 heteroatoms. The zero-order chi connectivity index (χ0) is 12.8. The minimum atomic E-state index is 0.316. The highest BCUT2D eigenvalue weighted by atomic mass is 14.7. The molecule has 0 saturated heterocycles. The van der Waals surface area contributed by atoms with E-state index < -0.39 is 0 Å². The maximum Gasteiger partial charge on any atom is 0.0300 e. The number of hydrogen-bond donors (Lipinski definition) is 1. The van der Waals surface area contributed by atoms with Crippen LogP contribution in [0.3, 0.4) is 0 Å². The van der Waals surface area contributed by atoms with E-state index in [2.05, 4.69) is 18.0 Å². The third-order valence-corrected chi connectivity index (χ3v) is 4.39. The van der Waals surface area contributed by atoms with Crippen LogP contribution in [0.1, 0.15) is 51.0 Å². The molecule has 0 radical (unpaired) electrons. The maximum atomic E-state index is 6.37. The Labute approximate surface area is 111 Å². The molecule has 0 amide bonds. The molecule has 18 heavy (non-hydrogen) atoms. The summed E-state index contributed by atoms with van der Waals surface area (Å²) < 4.78 is 0. The van der Waals surface area contributed by atoms with Crippen LogP contribution in [0.5, 0.6) is 0 Å². The second kappa shape index (κ2) is 6.89. The van der Waals surface area contributed by atoms with Crippen molar-refractivity contribution in [3.63, 3.8) is 0 Å². The van der Waals surface area contributed by atoms with Crippen LogP contribution in [0, 0.1) is 11.8 Å². The second-order valence-electron chi connectivity index (χ2n) is 5.80. The van der Waals surface area contributed by atoms with Gasteiger partial charge in [0.05, 0.1) is 0 Å².